The summed E-state index contributed by atoms with van der Waals surface area (Å²) >= 11 is 0. The largest absolute Gasteiger partial charge is 0.335 e. The van der Waals surface area contributed by atoms with Gasteiger partial charge < -0.3 is 5.32 Å². The molecule has 0 aromatic heterocycles. The molecule has 0 bridgehead atoms. The van der Waals surface area contributed by atoms with E-state index in [0.717, 1.165) is 18.5 Å². The first kappa shape index (κ1) is 10.0. The first-order valence-corrected chi connectivity index (χ1v) is 5.36. The van der Waals surface area contributed by atoms with Gasteiger partial charge in [-0.05, 0) is 31.4 Å². The fourth-order valence-electron chi connectivity index (χ4n) is 1.59. The molecule has 3 heteroatoms. The number of benzene rings is 1. The Kier molecular flexibility index (Phi) is 2.90. The third-order valence-electron chi connectivity index (χ3n) is 2.88. The quantitative estimate of drug-likeness (QED) is 0.788. The Balaban J connectivity index is 1.94. The molecule has 1 aliphatic carbocycles. The molecule has 0 unspecified atom stereocenters. The van der Waals surface area contributed by atoms with Crippen molar-refractivity contribution in [1.29, 1.82) is 0 Å². The second-order valence-corrected chi connectivity index (χ2v) is 3.97. The lowest BCUT2D eigenvalue weighted by Crippen LogP contribution is -2.46. The van der Waals surface area contributed by atoms with Crippen molar-refractivity contribution in [2.45, 2.75) is 25.3 Å². The maximum Gasteiger partial charge on any atom is 0.321 e. The smallest absolute Gasteiger partial charge is 0.321 e. The number of hydrogen-bond donors (Lipinski definition) is 1. The Morgan fingerprint density at radius 1 is 1.33 bits per heavy atom. The molecule has 1 N–H and O–H groups in total. The summed E-state index contributed by atoms with van der Waals surface area (Å²) in [7, 11) is 1.79. The molecule has 0 aliphatic heterocycles. The van der Waals surface area contributed by atoms with Gasteiger partial charge in [-0.1, -0.05) is 18.2 Å². The number of urea groups is 1. The van der Waals surface area contributed by atoms with Gasteiger partial charge in [-0.25, -0.2) is 4.79 Å². The third-order valence-corrected chi connectivity index (χ3v) is 2.88. The van der Waals surface area contributed by atoms with Gasteiger partial charge in [-0.15, -0.1) is 0 Å². The Bertz CT molecular complexity index is 333. The van der Waals surface area contributed by atoms with Gasteiger partial charge in [0.15, 0.2) is 0 Å². The SMILES string of the molecule is CN(C(=O)NC1CCC1)c1ccccc1. The van der Waals surface area contributed by atoms with Crippen molar-refractivity contribution < 1.29 is 4.79 Å². The Hall–Kier alpha value is -1.51. The number of carbonyl (C=O) groups excluding carboxylic acids is 1. The molecular weight excluding hydrogens is 188 g/mol. The number of para-hydroxylation sites is 1. The van der Waals surface area contributed by atoms with E-state index in [-0.39, 0.29) is 6.03 Å². The monoisotopic (exact) mass is 204 g/mol. The molecule has 2 rings (SSSR count). The number of rotatable bonds is 2. The van der Waals surface area contributed by atoms with E-state index >= 15 is 0 Å². The van der Waals surface area contributed by atoms with Gasteiger partial charge in [-0.3, -0.25) is 4.90 Å². The van der Waals surface area contributed by atoms with Crippen LogP contribution in [0.25, 0.3) is 0 Å². The minimum atomic E-state index is -0.00843. The van der Waals surface area contributed by atoms with Crippen LogP contribution in [0.1, 0.15) is 19.3 Å². The summed E-state index contributed by atoms with van der Waals surface area (Å²) < 4.78 is 0. The molecule has 0 radical (unpaired) electrons. The number of anilines is 1. The van der Waals surface area contributed by atoms with Gasteiger partial charge in [0.25, 0.3) is 0 Å². The summed E-state index contributed by atoms with van der Waals surface area (Å²) in [5, 5.41) is 3.00. The van der Waals surface area contributed by atoms with E-state index < -0.39 is 0 Å². The maximum atomic E-state index is 11.8. The normalized spacial score (nSPS) is 15.5. The predicted octanol–water partition coefficient (Wildman–Crippen LogP) is 2.38. The maximum absolute atomic E-state index is 11.8. The van der Waals surface area contributed by atoms with Crippen molar-refractivity contribution in [1.82, 2.24) is 5.32 Å². The summed E-state index contributed by atoms with van der Waals surface area (Å²) in [5.41, 5.74) is 0.925. The van der Waals surface area contributed by atoms with Gasteiger partial charge in [0.05, 0.1) is 0 Å². The van der Waals surface area contributed by atoms with Crippen LogP contribution in [0.15, 0.2) is 30.3 Å². The summed E-state index contributed by atoms with van der Waals surface area (Å²) in [4.78, 5) is 13.4. The summed E-state index contributed by atoms with van der Waals surface area (Å²) in [6, 6.07) is 10.1. The van der Waals surface area contributed by atoms with Gasteiger partial charge in [0.2, 0.25) is 0 Å². The van der Waals surface area contributed by atoms with E-state index in [1.54, 1.807) is 11.9 Å². The molecule has 1 aromatic carbocycles. The predicted molar refractivity (Wildman–Crippen MR) is 61.0 cm³/mol. The standard InChI is InChI=1S/C12H16N2O/c1-14(11-8-3-2-4-9-11)12(15)13-10-6-5-7-10/h2-4,8-10H,5-7H2,1H3,(H,13,15). The molecule has 0 saturated heterocycles. The highest BCUT2D eigenvalue weighted by Gasteiger charge is 2.21. The third kappa shape index (κ3) is 2.29. The Labute approximate surface area is 90.1 Å². The minimum Gasteiger partial charge on any atom is -0.335 e. The van der Waals surface area contributed by atoms with E-state index in [1.807, 2.05) is 30.3 Å². The van der Waals surface area contributed by atoms with E-state index in [1.165, 1.54) is 6.42 Å². The van der Waals surface area contributed by atoms with Crippen molar-refractivity contribution in [3.8, 4) is 0 Å². The summed E-state index contributed by atoms with van der Waals surface area (Å²) in [6.45, 7) is 0. The van der Waals surface area contributed by atoms with Gasteiger partial charge in [-0.2, -0.15) is 0 Å². The molecule has 15 heavy (non-hydrogen) atoms. The van der Waals surface area contributed by atoms with Crippen molar-refractivity contribution in [2.24, 2.45) is 0 Å². The van der Waals surface area contributed by atoms with E-state index in [2.05, 4.69) is 5.32 Å². The van der Waals surface area contributed by atoms with Crippen LogP contribution in [0.2, 0.25) is 0 Å². The molecule has 80 valence electrons. The van der Waals surface area contributed by atoms with E-state index in [0.29, 0.717) is 6.04 Å². The molecule has 0 spiro atoms. The lowest BCUT2D eigenvalue weighted by molar-refractivity contribution is 0.235. The van der Waals surface area contributed by atoms with Gasteiger partial charge in [0.1, 0.15) is 0 Å². The molecule has 1 aromatic rings. The van der Waals surface area contributed by atoms with Crippen LogP contribution in [0.5, 0.6) is 0 Å². The Morgan fingerprint density at radius 3 is 2.53 bits per heavy atom. The molecule has 0 atom stereocenters. The second kappa shape index (κ2) is 4.34. The molecule has 1 fully saturated rings. The fourth-order valence-corrected chi connectivity index (χ4v) is 1.59. The van der Waals surface area contributed by atoms with Crippen molar-refractivity contribution in [2.75, 3.05) is 11.9 Å². The molecule has 1 saturated carbocycles. The average Bonchev–Trinajstić information content (AvgIpc) is 2.23. The molecule has 3 nitrogen and oxygen atoms in total. The zero-order chi connectivity index (χ0) is 10.7. The van der Waals surface area contributed by atoms with E-state index in [9.17, 15) is 4.79 Å². The highest BCUT2D eigenvalue weighted by atomic mass is 16.2. The highest BCUT2D eigenvalue weighted by molar-refractivity contribution is 5.91. The molecular formula is C12H16N2O. The topological polar surface area (TPSA) is 32.3 Å². The zero-order valence-electron chi connectivity index (χ0n) is 8.94. The van der Waals surface area contributed by atoms with E-state index in [4.69, 9.17) is 0 Å². The number of carbonyl (C=O) groups is 1. The lowest BCUT2D eigenvalue weighted by atomic mass is 9.93. The summed E-state index contributed by atoms with van der Waals surface area (Å²) in [5.74, 6) is 0. The summed E-state index contributed by atoms with van der Waals surface area (Å²) in [6.07, 6.45) is 3.47. The lowest BCUT2D eigenvalue weighted by Gasteiger charge is -2.29. The van der Waals surface area contributed by atoms with Crippen molar-refractivity contribution in [3.63, 3.8) is 0 Å². The van der Waals surface area contributed by atoms with Crippen LogP contribution >= 0.6 is 0 Å². The number of amides is 2. The average molecular weight is 204 g/mol. The number of nitrogens with one attached hydrogen (secondary N) is 1. The van der Waals surface area contributed by atoms with Crippen LogP contribution in [-0.4, -0.2) is 19.1 Å². The van der Waals surface area contributed by atoms with Crippen LogP contribution in [-0.2, 0) is 0 Å². The van der Waals surface area contributed by atoms with Crippen LogP contribution in [0, 0.1) is 0 Å². The first-order valence-electron chi connectivity index (χ1n) is 5.36. The van der Waals surface area contributed by atoms with Crippen LogP contribution in [0.3, 0.4) is 0 Å². The highest BCUT2D eigenvalue weighted by Crippen LogP contribution is 2.19. The fraction of sp³-hybridized carbons (Fsp3) is 0.417. The van der Waals surface area contributed by atoms with Gasteiger partial charge in [0, 0.05) is 18.8 Å². The van der Waals surface area contributed by atoms with Crippen LogP contribution in [0.4, 0.5) is 10.5 Å². The zero-order valence-corrected chi connectivity index (χ0v) is 8.94. The van der Waals surface area contributed by atoms with Crippen LogP contribution < -0.4 is 10.2 Å². The molecule has 1 aliphatic rings. The van der Waals surface area contributed by atoms with Crippen molar-refractivity contribution in [3.05, 3.63) is 30.3 Å². The van der Waals surface area contributed by atoms with Crippen molar-refractivity contribution >= 4 is 11.7 Å². The minimum absolute atomic E-state index is 0.00843. The number of hydrogen-bond acceptors (Lipinski definition) is 1. The molecule has 0 heterocycles. The van der Waals surface area contributed by atoms with Gasteiger partial charge >= 0.3 is 6.03 Å². The second-order valence-electron chi connectivity index (χ2n) is 3.97. The molecule has 2 amide bonds. The Morgan fingerprint density at radius 2 is 2.00 bits per heavy atom. The number of nitrogens with zero attached hydrogens (tertiary/aromatic N) is 1. The first-order chi connectivity index (χ1) is 7.27.